The first-order chi connectivity index (χ1) is 9.95. The van der Waals surface area contributed by atoms with Crippen LogP contribution < -0.4 is 4.74 Å². The number of aromatic nitrogens is 1. The third kappa shape index (κ3) is 2.71. The summed E-state index contributed by atoms with van der Waals surface area (Å²) in [6.45, 7) is 0. The van der Waals surface area contributed by atoms with Crippen molar-refractivity contribution >= 4 is 0 Å². The number of alkyl halides is 3. The lowest BCUT2D eigenvalue weighted by Crippen LogP contribution is -2.05. The van der Waals surface area contributed by atoms with Gasteiger partial charge in [-0.2, -0.15) is 13.2 Å². The molecule has 0 aliphatic heterocycles. The summed E-state index contributed by atoms with van der Waals surface area (Å²) in [6.07, 6.45) is -2.88. The van der Waals surface area contributed by atoms with E-state index in [1.165, 1.54) is 6.07 Å². The topological polar surface area (TPSA) is 42.4 Å². The Hall–Kier alpha value is -2.08. The standard InChI is InChI=1S/C15H12F3NO2/c16-15(17,18)9-4-7-14(19-8-9)21-13-3-1-2-10-11(13)5-6-12(10)20/h1-4,7-8,12,20H,5-6H2. The van der Waals surface area contributed by atoms with Gasteiger partial charge in [-0.15, -0.1) is 0 Å². The van der Waals surface area contributed by atoms with Crippen molar-refractivity contribution in [1.29, 1.82) is 0 Å². The van der Waals surface area contributed by atoms with Crippen LogP contribution in [0.2, 0.25) is 0 Å². The molecule has 110 valence electrons. The zero-order valence-electron chi connectivity index (χ0n) is 10.9. The molecule has 6 heteroatoms. The lowest BCUT2D eigenvalue weighted by atomic mass is 10.1. The van der Waals surface area contributed by atoms with Gasteiger partial charge in [0.2, 0.25) is 5.88 Å². The van der Waals surface area contributed by atoms with E-state index in [1.54, 1.807) is 12.1 Å². The SMILES string of the molecule is OC1CCc2c(Oc3ccc(C(F)(F)F)cn3)cccc21. The zero-order valence-corrected chi connectivity index (χ0v) is 10.9. The van der Waals surface area contributed by atoms with Crippen molar-refractivity contribution in [2.75, 3.05) is 0 Å². The Labute approximate surface area is 119 Å². The first kappa shape index (κ1) is 13.9. The Morgan fingerprint density at radius 2 is 2.00 bits per heavy atom. The predicted molar refractivity (Wildman–Crippen MR) is 69.0 cm³/mol. The number of ether oxygens (including phenoxy) is 1. The maximum atomic E-state index is 12.5. The zero-order chi connectivity index (χ0) is 15.0. The molecule has 1 aliphatic carbocycles. The molecule has 1 aromatic carbocycles. The first-order valence-corrected chi connectivity index (χ1v) is 6.46. The summed E-state index contributed by atoms with van der Waals surface area (Å²) in [5.41, 5.74) is 0.870. The summed E-state index contributed by atoms with van der Waals surface area (Å²) in [4.78, 5) is 3.68. The molecule has 21 heavy (non-hydrogen) atoms. The smallest absolute Gasteiger partial charge is 0.417 e. The molecule has 1 unspecified atom stereocenters. The summed E-state index contributed by atoms with van der Waals surface area (Å²) in [5, 5.41) is 9.80. The van der Waals surface area contributed by atoms with Crippen LogP contribution >= 0.6 is 0 Å². The van der Waals surface area contributed by atoms with Gasteiger partial charge >= 0.3 is 6.18 Å². The monoisotopic (exact) mass is 295 g/mol. The molecule has 0 saturated carbocycles. The van der Waals surface area contributed by atoms with E-state index in [2.05, 4.69) is 4.98 Å². The second-order valence-corrected chi connectivity index (χ2v) is 4.86. The van der Waals surface area contributed by atoms with Crippen LogP contribution in [-0.4, -0.2) is 10.1 Å². The predicted octanol–water partition coefficient (Wildman–Crippen LogP) is 3.87. The van der Waals surface area contributed by atoms with Gasteiger partial charge in [-0.3, -0.25) is 0 Å². The molecule has 1 atom stereocenters. The van der Waals surface area contributed by atoms with Crippen molar-refractivity contribution in [2.24, 2.45) is 0 Å². The number of nitrogens with zero attached hydrogens (tertiary/aromatic N) is 1. The molecule has 1 aliphatic rings. The fraction of sp³-hybridized carbons (Fsp3) is 0.267. The van der Waals surface area contributed by atoms with Gasteiger partial charge in [-0.25, -0.2) is 4.98 Å². The average Bonchev–Trinajstić information content (AvgIpc) is 2.82. The van der Waals surface area contributed by atoms with E-state index in [1.807, 2.05) is 6.07 Å². The molecule has 1 heterocycles. The fourth-order valence-electron chi connectivity index (χ4n) is 2.42. The van der Waals surface area contributed by atoms with Crippen molar-refractivity contribution < 1.29 is 23.0 Å². The van der Waals surface area contributed by atoms with Gasteiger partial charge in [-0.1, -0.05) is 12.1 Å². The molecular formula is C15H12F3NO2. The normalized spacial score (nSPS) is 17.6. The van der Waals surface area contributed by atoms with E-state index < -0.39 is 17.8 Å². The number of hydrogen-bond acceptors (Lipinski definition) is 3. The minimum atomic E-state index is -4.41. The van der Waals surface area contributed by atoms with Gasteiger partial charge in [0.15, 0.2) is 0 Å². The van der Waals surface area contributed by atoms with Crippen LogP contribution in [0, 0.1) is 0 Å². The summed E-state index contributed by atoms with van der Waals surface area (Å²) in [5.74, 6) is 0.620. The fourth-order valence-corrected chi connectivity index (χ4v) is 2.42. The van der Waals surface area contributed by atoms with Gasteiger partial charge < -0.3 is 9.84 Å². The minimum Gasteiger partial charge on any atom is -0.439 e. The van der Waals surface area contributed by atoms with Gasteiger partial charge in [0.1, 0.15) is 5.75 Å². The Morgan fingerprint density at radius 1 is 1.19 bits per heavy atom. The Bertz CT molecular complexity index is 653. The third-order valence-corrected chi connectivity index (χ3v) is 3.47. The summed E-state index contributed by atoms with van der Waals surface area (Å²) in [7, 11) is 0. The number of halogens is 3. The number of hydrogen-bond donors (Lipinski definition) is 1. The number of pyridine rings is 1. The Balaban J connectivity index is 1.85. The number of benzene rings is 1. The average molecular weight is 295 g/mol. The lowest BCUT2D eigenvalue weighted by molar-refractivity contribution is -0.137. The van der Waals surface area contributed by atoms with Crippen LogP contribution in [0.5, 0.6) is 11.6 Å². The highest BCUT2D eigenvalue weighted by Crippen LogP contribution is 2.38. The van der Waals surface area contributed by atoms with E-state index in [9.17, 15) is 18.3 Å². The van der Waals surface area contributed by atoms with E-state index >= 15 is 0 Å². The molecule has 0 spiro atoms. The number of aliphatic hydroxyl groups excluding tert-OH is 1. The Kier molecular flexibility index (Phi) is 3.33. The van der Waals surface area contributed by atoms with Crippen LogP contribution in [-0.2, 0) is 12.6 Å². The molecule has 3 rings (SSSR count). The maximum absolute atomic E-state index is 12.5. The van der Waals surface area contributed by atoms with Crippen molar-refractivity contribution in [2.45, 2.75) is 25.1 Å². The highest BCUT2D eigenvalue weighted by atomic mass is 19.4. The lowest BCUT2D eigenvalue weighted by Gasteiger charge is -2.11. The molecule has 0 saturated heterocycles. The van der Waals surface area contributed by atoms with Crippen LogP contribution in [0.25, 0.3) is 0 Å². The van der Waals surface area contributed by atoms with Crippen LogP contribution in [0.15, 0.2) is 36.5 Å². The van der Waals surface area contributed by atoms with Crippen molar-refractivity contribution in [3.05, 3.63) is 53.2 Å². The molecule has 2 aromatic rings. The third-order valence-electron chi connectivity index (χ3n) is 3.47. The minimum absolute atomic E-state index is 0.0952. The maximum Gasteiger partial charge on any atom is 0.417 e. The molecular weight excluding hydrogens is 283 g/mol. The van der Waals surface area contributed by atoms with Gasteiger partial charge in [-0.05, 0) is 30.5 Å². The quantitative estimate of drug-likeness (QED) is 0.914. The molecule has 0 fully saturated rings. The molecule has 1 N–H and O–H groups in total. The summed E-state index contributed by atoms with van der Waals surface area (Å²) >= 11 is 0. The molecule has 1 aromatic heterocycles. The molecule has 0 amide bonds. The first-order valence-electron chi connectivity index (χ1n) is 6.46. The molecule has 0 radical (unpaired) electrons. The van der Waals surface area contributed by atoms with E-state index in [0.29, 0.717) is 18.6 Å². The molecule has 0 bridgehead atoms. The second-order valence-electron chi connectivity index (χ2n) is 4.86. The van der Waals surface area contributed by atoms with E-state index in [0.717, 1.165) is 23.4 Å². The van der Waals surface area contributed by atoms with E-state index in [4.69, 9.17) is 4.74 Å². The number of aliphatic hydroxyl groups is 1. The van der Waals surface area contributed by atoms with Crippen molar-refractivity contribution in [3.63, 3.8) is 0 Å². The van der Waals surface area contributed by atoms with Gasteiger partial charge in [0, 0.05) is 17.8 Å². The number of rotatable bonds is 2. The highest BCUT2D eigenvalue weighted by Gasteiger charge is 2.31. The largest absolute Gasteiger partial charge is 0.439 e. The van der Waals surface area contributed by atoms with Crippen molar-refractivity contribution in [3.8, 4) is 11.6 Å². The van der Waals surface area contributed by atoms with Crippen molar-refractivity contribution in [1.82, 2.24) is 4.98 Å². The van der Waals surface area contributed by atoms with Crippen LogP contribution in [0.4, 0.5) is 13.2 Å². The van der Waals surface area contributed by atoms with Crippen LogP contribution in [0.3, 0.4) is 0 Å². The Morgan fingerprint density at radius 3 is 2.67 bits per heavy atom. The van der Waals surface area contributed by atoms with E-state index in [-0.39, 0.29) is 5.88 Å². The number of fused-ring (bicyclic) bond motifs is 1. The summed E-state index contributed by atoms with van der Waals surface area (Å²) < 4.78 is 42.9. The van der Waals surface area contributed by atoms with Gasteiger partial charge in [0.05, 0.1) is 11.7 Å². The second kappa shape index (κ2) is 5.04. The van der Waals surface area contributed by atoms with Crippen LogP contribution in [0.1, 0.15) is 29.2 Å². The highest BCUT2D eigenvalue weighted by molar-refractivity contribution is 5.45. The molecule has 3 nitrogen and oxygen atoms in total. The van der Waals surface area contributed by atoms with Gasteiger partial charge in [0.25, 0.3) is 0 Å². The summed E-state index contributed by atoms with van der Waals surface area (Å²) in [6, 6.07) is 7.40.